The second kappa shape index (κ2) is 9.21. The minimum atomic E-state index is -3.84. The molecule has 1 saturated carbocycles. The van der Waals surface area contributed by atoms with Crippen LogP contribution in [0.4, 0.5) is 5.69 Å². The Morgan fingerprint density at radius 3 is 2.32 bits per heavy atom. The summed E-state index contributed by atoms with van der Waals surface area (Å²) in [6.07, 6.45) is 5.87. The predicted molar refractivity (Wildman–Crippen MR) is 109 cm³/mol. The Balaban J connectivity index is 1.86. The Morgan fingerprint density at radius 2 is 1.68 bits per heavy atom. The van der Waals surface area contributed by atoms with Gasteiger partial charge in [-0.3, -0.25) is 0 Å². The predicted octanol–water partition coefficient (Wildman–Crippen LogP) is 4.00. The van der Waals surface area contributed by atoms with Gasteiger partial charge in [0.15, 0.2) is 0 Å². The number of hydrogen-bond donors (Lipinski definition) is 3. The Kier molecular flexibility index (Phi) is 6.70. The van der Waals surface area contributed by atoms with Gasteiger partial charge >= 0.3 is 5.97 Å². The standard InChI is InChI=1S/C21H26N2O4S/c24-21(25)17-12-13-19(22-15-16-8-4-3-5-9-16)20(14-17)28(26,27)23-18-10-6-1-2-7-11-18/h3-5,8-9,12-14,18,22-23H,1-2,6-7,10-11,15H2,(H,24,25). The molecule has 150 valence electrons. The summed E-state index contributed by atoms with van der Waals surface area (Å²) in [7, 11) is -3.84. The molecule has 2 aromatic carbocycles. The average Bonchev–Trinajstić information content (AvgIpc) is 2.95. The first-order valence-electron chi connectivity index (χ1n) is 9.63. The molecule has 7 heteroatoms. The van der Waals surface area contributed by atoms with E-state index in [0.29, 0.717) is 12.2 Å². The number of carboxylic acids is 1. The molecule has 0 bridgehead atoms. The maximum Gasteiger partial charge on any atom is 0.335 e. The number of aromatic carboxylic acids is 1. The summed E-state index contributed by atoms with van der Waals surface area (Å²) in [4.78, 5) is 11.3. The van der Waals surface area contributed by atoms with Gasteiger partial charge < -0.3 is 10.4 Å². The highest BCUT2D eigenvalue weighted by Gasteiger charge is 2.25. The van der Waals surface area contributed by atoms with E-state index in [2.05, 4.69) is 10.0 Å². The van der Waals surface area contributed by atoms with Crippen LogP contribution in [-0.2, 0) is 16.6 Å². The summed E-state index contributed by atoms with van der Waals surface area (Å²) in [6.45, 7) is 0.444. The van der Waals surface area contributed by atoms with Gasteiger partial charge in [-0.05, 0) is 36.6 Å². The van der Waals surface area contributed by atoms with Crippen LogP contribution in [0.1, 0.15) is 54.4 Å². The highest BCUT2D eigenvalue weighted by molar-refractivity contribution is 7.89. The third kappa shape index (κ3) is 5.33. The van der Waals surface area contributed by atoms with Gasteiger partial charge in [-0.1, -0.05) is 56.0 Å². The third-order valence-electron chi connectivity index (χ3n) is 5.02. The molecule has 1 aliphatic rings. The van der Waals surface area contributed by atoms with E-state index in [1.54, 1.807) is 0 Å². The number of hydrogen-bond acceptors (Lipinski definition) is 4. The number of sulfonamides is 1. The van der Waals surface area contributed by atoms with E-state index in [1.807, 2.05) is 30.3 Å². The van der Waals surface area contributed by atoms with Gasteiger partial charge in [-0.15, -0.1) is 0 Å². The van der Waals surface area contributed by atoms with Crippen molar-refractivity contribution in [2.24, 2.45) is 0 Å². The fourth-order valence-corrected chi connectivity index (χ4v) is 5.01. The molecule has 0 atom stereocenters. The van der Waals surface area contributed by atoms with Crippen molar-refractivity contribution in [1.82, 2.24) is 4.72 Å². The van der Waals surface area contributed by atoms with Crippen molar-refractivity contribution in [3.05, 3.63) is 59.7 Å². The molecule has 3 N–H and O–H groups in total. The lowest BCUT2D eigenvalue weighted by molar-refractivity contribution is 0.0696. The highest BCUT2D eigenvalue weighted by Crippen LogP contribution is 2.26. The second-order valence-electron chi connectivity index (χ2n) is 7.17. The molecule has 0 aromatic heterocycles. The molecule has 0 spiro atoms. The van der Waals surface area contributed by atoms with Crippen molar-refractivity contribution in [1.29, 1.82) is 0 Å². The highest BCUT2D eigenvalue weighted by atomic mass is 32.2. The summed E-state index contributed by atoms with van der Waals surface area (Å²) in [6, 6.07) is 13.7. The van der Waals surface area contributed by atoms with Crippen LogP contribution in [0.3, 0.4) is 0 Å². The van der Waals surface area contributed by atoms with Crippen molar-refractivity contribution in [2.45, 2.75) is 56.0 Å². The van der Waals surface area contributed by atoms with Crippen LogP contribution < -0.4 is 10.0 Å². The number of nitrogens with one attached hydrogen (secondary N) is 2. The van der Waals surface area contributed by atoms with Crippen molar-refractivity contribution in [3.8, 4) is 0 Å². The maximum absolute atomic E-state index is 13.1. The van der Waals surface area contributed by atoms with Gasteiger partial charge in [0.05, 0.1) is 11.3 Å². The molecule has 2 aromatic rings. The van der Waals surface area contributed by atoms with Crippen LogP contribution in [0.2, 0.25) is 0 Å². The number of benzene rings is 2. The molecule has 6 nitrogen and oxygen atoms in total. The summed E-state index contributed by atoms with van der Waals surface area (Å²) >= 11 is 0. The second-order valence-corrected chi connectivity index (χ2v) is 8.85. The van der Waals surface area contributed by atoms with Crippen molar-refractivity contribution in [3.63, 3.8) is 0 Å². The zero-order valence-electron chi connectivity index (χ0n) is 15.7. The summed E-state index contributed by atoms with van der Waals surface area (Å²) in [5, 5.41) is 12.4. The molecule has 0 unspecified atom stereocenters. The Hall–Kier alpha value is -2.38. The van der Waals surface area contributed by atoms with Gasteiger partial charge in [0.1, 0.15) is 4.90 Å². The molecule has 28 heavy (non-hydrogen) atoms. The normalized spacial score (nSPS) is 15.7. The van der Waals surface area contributed by atoms with Crippen LogP contribution in [0.15, 0.2) is 53.4 Å². The molecule has 0 aliphatic heterocycles. The fourth-order valence-electron chi connectivity index (χ4n) is 3.50. The molecule has 0 heterocycles. The molecule has 1 fully saturated rings. The van der Waals surface area contributed by atoms with E-state index in [-0.39, 0.29) is 16.5 Å². The van der Waals surface area contributed by atoms with Gasteiger partial charge in [0.25, 0.3) is 0 Å². The van der Waals surface area contributed by atoms with Crippen LogP contribution in [0.5, 0.6) is 0 Å². The molecular weight excluding hydrogens is 376 g/mol. The topological polar surface area (TPSA) is 95.5 Å². The Bertz CT molecular complexity index is 905. The molecule has 0 saturated heterocycles. The van der Waals surface area contributed by atoms with Crippen molar-refractivity contribution < 1.29 is 18.3 Å². The molecule has 0 radical (unpaired) electrons. The number of anilines is 1. The zero-order valence-corrected chi connectivity index (χ0v) is 16.5. The quantitative estimate of drug-likeness (QED) is 0.609. The van der Waals surface area contributed by atoms with E-state index in [0.717, 1.165) is 44.1 Å². The van der Waals surface area contributed by atoms with E-state index < -0.39 is 16.0 Å². The van der Waals surface area contributed by atoms with E-state index in [1.165, 1.54) is 18.2 Å². The van der Waals surface area contributed by atoms with Gasteiger partial charge in [-0.25, -0.2) is 17.9 Å². The van der Waals surface area contributed by atoms with Gasteiger partial charge in [0, 0.05) is 12.6 Å². The van der Waals surface area contributed by atoms with Crippen molar-refractivity contribution >= 4 is 21.7 Å². The Morgan fingerprint density at radius 1 is 1.00 bits per heavy atom. The van der Waals surface area contributed by atoms with Crippen LogP contribution >= 0.6 is 0 Å². The summed E-state index contributed by atoms with van der Waals surface area (Å²) in [5.41, 5.74) is 1.35. The smallest absolute Gasteiger partial charge is 0.335 e. The van der Waals surface area contributed by atoms with Crippen molar-refractivity contribution in [2.75, 3.05) is 5.32 Å². The fraction of sp³-hybridized carbons (Fsp3) is 0.381. The minimum Gasteiger partial charge on any atom is -0.478 e. The number of carbonyl (C=O) groups is 1. The molecule has 0 amide bonds. The zero-order chi connectivity index (χ0) is 20.0. The molecule has 1 aliphatic carbocycles. The lowest BCUT2D eigenvalue weighted by Crippen LogP contribution is -2.35. The third-order valence-corrected chi connectivity index (χ3v) is 6.58. The largest absolute Gasteiger partial charge is 0.478 e. The average molecular weight is 403 g/mol. The lowest BCUT2D eigenvalue weighted by Gasteiger charge is -2.19. The van der Waals surface area contributed by atoms with Crippen LogP contribution in [-0.4, -0.2) is 25.5 Å². The molecular formula is C21H26N2O4S. The lowest BCUT2D eigenvalue weighted by atomic mass is 10.1. The van der Waals surface area contributed by atoms with Crippen LogP contribution in [0.25, 0.3) is 0 Å². The minimum absolute atomic E-state index is 0.0208. The van der Waals surface area contributed by atoms with Gasteiger partial charge in [-0.2, -0.15) is 0 Å². The summed E-state index contributed by atoms with van der Waals surface area (Å²) < 4.78 is 28.9. The Labute approximate surface area is 166 Å². The first-order valence-corrected chi connectivity index (χ1v) is 11.1. The van der Waals surface area contributed by atoms with E-state index >= 15 is 0 Å². The number of rotatable bonds is 7. The van der Waals surface area contributed by atoms with Crippen LogP contribution in [0, 0.1) is 0 Å². The molecule has 3 rings (SSSR count). The maximum atomic E-state index is 13.1. The van der Waals surface area contributed by atoms with E-state index in [9.17, 15) is 18.3 Å². The van der Waals surface area contributed by atoms with Gasteiger partial charge in [0.2, 0.25) is 10.0 Å². The monoisotopic (exact) mass is 402 g/mol. The van der Waals surface area contributed by atoms with E-state index in [4.69, 9.17) is 0 Å². The number of carboxylic acid groups (broad SMARTS) is 1. The first-order chi connectivity index (χ1) is 13.5. The first kappa shape index (κ1) is 20.4. The summed E-state index contributed by atoms with van der Waals surface area (Å²) in [5.74, 6) is -1.15. The SMILES string of the molecule is O=C(O)c1ccc(NCc2ccccc2)c(S(=O)(=O)NC2CCCCCC2)c1.